The molecule has 0 fully saturated rings. The second kappa shape index (κ2) is 13.9. The fourth-order valence-electron chi connectivity index (χ4n) is 4.62. The summed E-state index contributed by atoms with van der Waals surface area (Å²) in [6.45, 7) is 5.37. The average Bonchev–Trinajstić information content (AvgIpc) is 2.96. The molecule has 1 heterocycles. The van der Waals surface area contributed by atoms with Crippen molar-refractivity contribution in [3.8, 4) is 56.8 Å². The lowest BCUT2D eigenvalue weighted by Crippen LogP contribution is -2.10. The molecule has 0 aliphatic heterocycles. The van der Waals surface area contributed by atoms with Gasteiger partial charge in [0.1, 0.15) is 18.1 Å². The lowest BCUT2D eigenvalue weighted by atomic mass is 9.96. The van der Waals surface area contributed by atoms with Gasteiger partial charge in [-0.05, 0) is 62.2 Å². The zero-order valence-corrected chi connectivity index (χ0v) is 29.8. The maximum Gasteiger partial charge on any atom is 0.306 e. The summed E-state index contributed by atoms with van der Waals surface area (Å²) < 4.78 is 106. The van der Waals surface area contributed by atoms with Crippen LogP contribution in [0, 0.1) is 20.8 Å². The van der Waals surface area contributed by atoms with Crippen LogP contribution in [-0.4, -0.2) is 68.2 Å². The number of hydrogen-bond donors (Lipinski definition) is 0. The summed E-state index contributed by atoms with van der Waals surface area (Å²) in [6, 6.07) is 11.8. The fourth-order valence-corrected chi connectivity index (χ4v) is 6.00. The van der Waals surface area contributed by atoms with Crippen molar-refractivity contribution < 1.29 is 52.0 Å². The van der Waals surface area contributed by atoms with Crippen molar-refractivity contribution in [3.63, 3.8) is 0 Å². The number of ether oxygens (including phenoxy) is 3. The molecule has 4 rings (SSSR count). The minimum absolute atomic E-state index is 0.0253. The highest BCUT2D eigenvalue weighted by atomic mass is 32.2. The highest BCUT2D eigenvalue weighted by Gasteiger charge is 2.27. The lowest BCUT2D eigenvalue weighted by molar-refractivity contribution is 0.290. The van der Waals surface area contributed by atoms with Gasteiger partial charge >= 0.3 is 30.4 Å². The molecule has 17 heteroatoms. The van der Waals surface area contributed by atoms with E-state index in [1.807, 2.05) is 13.8 Å². The Bertz CT molecular complexity index is 2180. The van der Waals surface area contributed by atoms with Crippen LogP contribution >= 0.6 is 0 Å². The highest BCUT2D eigenvalue weighted by molar-refractivity contribution is 7.86. The summed E-state index contributed by atoms with van der Waals surface area (Å²) in [7, 11) is -9.37. The minimum atomic E-state index is -4.18. The summed E-state index contributed by atoms with van der Waals surface area (Å²) >= 11 is 0. The van der Waals surface area contributed by atoms with Gasteiger partial charge in [0.25, 0.3) is 0 Å². The van der Waals surface area contributed by atoms with Crippen LogP contribution in [0.4, 0.5) is 0 Å². The molecule has 14 nitrogen and oxygen atoms in total. The van der Waals surface area contributed by atoms with Gasteiger partial charge in [0.15, 0.2) is 23.0 Å². The molecule has 258 valence electrons. The first kappa shape index (κ1) is 36.2. The summed E-state index contributed by atoms with van der Waals surface area (Å²) in [5, 5.41) is 0. The van der Waals surface area contributed by atoms with Crippen molar-refractivity contribution in [1.29, 1.82) is 0 Å². The minimum Gasteiger partial charge on any atom is -0.496 e. The molecule has 0 saturated heterocycles. The molecule has 48 heavy (non-hydrogen) atoms. The molecular weight excluding hydrogens is 689 g/mol. The number of rotatable bonds is 13. The third-order valence-corrected chi connectivity index (χ3v) is 8.14. The van der Waals surface area contributed by atoms with Gasteiger partial charge in [-0.2, -0.15) is 25.3 Å². The Morgan fingerprint density at radius 3 is 1.73 bits per heavy atom. The van der Waals surface area contributed by atoms with Crippen molar-refractivity contribution >= 4 is 30.4 Å². The number of benzene rings is 3. The molecule has 0 unspecified atom stereocenters. The van der Waals surface area contributed by atoms with Gasteiger partial charge in [0.05, 0.1) is 61.3 Å². The molecule has 3 aromatic carbocycles. The standard InChI is InChI=1S/C31H34N2O12S3/c1-18-19(2)33-25(20(3)32-18)17-42-26-14-11-22(15-27(26)44-47(7,36)37)29-28(40-4)16-24(30(41-5)31(29)45-48(8,38)39)21-9-12-23(13-10-21)43-46(6,34)35/h9-16H,17H2,1-8H3. The average molecular weight is 723 g/mol. The van der Waals surface area contributed by atoms with Gasteiger partial charge in [0, 0.05) is 5.56 Å². The van der Waals surface area contributed by atoms with Crippen molar-refractivity contribution in [2.24, 2.45) is 0 Å². The van der Waals surface area contributed by atoms with Gasteiger partial charge in [0.2, 0.25) is 0 Å². The molecule has 0 radical (unpaired) electrons. The Kier molecular flexibility index (Phi) is 10.5. The summed E-state index contributed by atoms with van der Waals surface area (Å²) in [5.74, 6) is -0.291. The zero-order chi connectivity index (χ0) is 35.6. The van der Waals surface area contributed by atoms with Crippen LogP contribution in [0.1, 0.15) is 22.8 Å². The Labute approximate surface area is 280 Å². The van der Waals surface area contributed by atoms with E-state index in [2.05, 4.69) is 9.97 Å². The van der Waals surface area contributed by atoms with Crippen molar-refractivity contribution in [3.05, 3.63) is 71.3 Å². The first-order valence-corrected chi connectivity index (χ1v) is 19.4. The first-order chi connectivity index (χ1) is 22.3. The van der Waals surface area contributed by atoms with Crippen LogP contribution in [0.15, 0.2) is 48.5 Å². The Hall–Kier alpha value is -4.61. The van der Waals surface area contributed by atoms with Crippen LogP contribution in [0.5, 0.6) is 34.5 Å². The van der Waals surface area contributed by atoms with Crippen LogP contribution in [-0.2, 0) is 37.0 Å². The molecule has 0 saturated carbocycles. The molecular formula is C31H34N2O12S3. The van der Waals surface area contributed by atoms with Crippen LogP contribution < -0.4 is 26.8 Å². The monoisotopic (exact) mass is 722 g/mol. The fraction of sp³-hybridized carbons (Fsp3) is 0.290. The molecule has 0 aliphatic rings. The number of methoxy groups -OCH3 is 2. The van der Waals surface area contributed by atoms with E-state index in [1.54, 1.807) is 13.0 Å². The first-order valence-electron chi connectivity index (χ1n) is 13.9. The Morgan fingerprint density at radius 2 is 1.17 bits per heavy atom. The van der Waals surface area contributed by atoms with Gasteiger partial charge in [-0.15, -0.1) is 0 Å². The van der Waals surface area contributed by atoms with E-state index < -0.39 is 30.4 Å². The SMILES string of the molecule is COc1cc(-c2ccc(OS(C)(=O)=O)cc2)c(OC)c(OS(C)(=O)=O)c1-c1ccc(OCc2nc(C)c(C)nc2C)c(OS(C)(=O)=O)c1. The largest absolute Gasteiger partial charge is 0.496 e. The lowest BCUT2D eigenvalue weighted by Gasteiger charge is -2.21. The van der Waals surface area contributed by atoms with E-state index in [1.165, 1.54) is 56.7 Å². The topological polar surface area (TPSA) is 184 Å². The maximum absolute atomic E-state index is 12.6. The zero-order valence-electron chi connectivity index (χ0n) is 27.3. The third-order valence-electron chi connectivity index (χ3n) is 6.69. The number of aryl methyl sites for hydroxylation is 3. The number of nitrogens with zero attached hydrogens (tertiary/aromatic N) is 2. The van der Waals surface area contributed by atoms with Crippen LogP contribution in [0.25, 0.3) is 22.3 Å². The Morgan fingerprint density at radius 1 is 0.583 bits per heavy atom. The molecule has 4 aromatic rings. The van der Waals surface area contributed by atoms with Gasteiger partial charge in [-0.3, -0.25) is 9.97 Å². The van der Waals surface area contributed by atoms with Crippen molar-refractivity contribution in [2.75, 3.05) is 33.0 Å². The predicted octanol–water partition coefficient (Wildman–Crippen LogP) is 4.35. The van der Waals surface area contributed by atoms with E-state index >= 15 is 0 Å². The Balaban J connectivity index is 1.90. The summed E-state index contributed by atoms with van der Waals surface area (Å²) in [6.07, 6.45) is 2.62. The summed E-state index contributed by atoms with van der Waals surface area (Å²) in [5.41, 5.74) is 3.74. The van der Waals surface area contributed by atoms with E-state index in [-0.39, 0.29) is 52.2 Å². The van der Waals surface area contributed by atoms with E-state index in [4.69, 9.17) is 26.8 Å². The van der Waals surface area contributed by atoms with Crippen molar-refractivity contribution in [1.82, 2.24) is 9.97 Å². The quantitative estimate of drug-likeness (QED) is 0.178. The number of aromatic nitrogens is 2. The van der Waals surface area contributed by atoms with E-state index in [9.17, 15) is 25.3 Å². The molecule has 0 bridgehead atoms. The van der Waals surface area contributed by atoms with Gasteiger partial charge < -0.3 is 26.8 Å². The van der Waals surface area contributed by atoms with E-state index in [0.29, 0.717) is 28.2 Å². The molecule has 0 N–H and O–H groups in total. The second-order valence-corrected chi connectivity index (χ2v) is 15.4. The highest BCUT2D eigenvalue weighted by Crippen LogP contribution is 2.52. The smallest absolute Gasteiger partial charge is 0.306 e. The second-order valence-electron chi connectivity index (χ2n) is 10.6. The normalized spacial score (nSPS) is 11.9. The van der Waals surface area contributed by atoms with E-state index in [0.717, 1.165) is 24.5 Å². The van der Waals surface area contributed by atoms with Crippen molar-refractivity contribution in [2.45, 2.75) is 27.4 Å². The van der Waals surface area contributed by atoms with Gasteiger partial charge in [-0.25, -0.2) is 0 Å². The number of hydrogen-bond acceptors (Lipinski definition) is 14. The van der Waals surface area contributed by atoms with Crippen LogP contribution in [0.2, 0.25) is 0 Å². The predicted molar refractivity (Wildman–Crippen MR) is 177 cm³/mol. The van der Waals surface area contributed by atoms with Crippen LogP contribution in [0.3, 0.4) is 0 Å². The third kappa shape index (κ3) is 9.05. The molecule has 0 atom stereocenters. The maximum atomic E-state index is 12.6. The molecule has 1 aromatic heterocycles. The summed E-state index contributed by atoms with van der Waals surface area (Å²) in [4.78, 5) is 8.97. The molecule has 0 aliphatic carbocycles. The molecule has 0 spiro atoms. The molecule has 0 amide bonds. The van der Waals surface area contributed by atoms with Gasteiger partial charge in [-0.1, -0.05) is 18.2 Å².